The number of nitrogens with one attached hydrogen (secondary N) is 1. The molecular formula is C3H5IN2S. The lowest BCUT2D eigenvalue weighted by Gasteiger charge is -1.96. The molecule has 4 heteroatoms. The standard InChI is InChI=1S/C3H5IN2S/c1-2-5-3(4)6-7-2/h2H,1H3,(H,5,6). The summed E-state index contributed by atoms with van der Waals surface area (Å²) >= 11 is 3.74. The zero-order valence-electron chi connectivity index (χ0n) is 3.81. The third-order valence-electron chi connectivity index (χ3n) is 0.613. The highest BCUT2D eigenvalue weighted by atomic mass is 127. The SMILES string of the molecule is CC1NC(I)=NS1. The average molecular weight is 228 g/mol. The normalized spacial score (nSPS) is 29.4. The monoisotopic (exact) mass is 228 g/mol. The van der Waals surface area contributed by atoms with Gasteiger partial charge in [-0.3, -0.25) is 0 Å². The van der Waals surface area contributed by atoms with Gasteiger partial charge in [-0.05, 0) is 29.5 Å². The van der Waals surface area contributed by atoms with Gasteiger partial charge in [0.25, 0.3) is 0 Å². The average Bonchev–Trinajstić information content (AvgIpc) is 1.87. The van der Waals surface area contributed by atoms with E-state index in [9.17, 15) is 0 Å². The number of rotatable bonds is 0. The van der Waals surface area contributed by atoms with Gasteiger partial charge in [-0.2, -0.15) is 4.40 Å². The molecule has 0 amide bonds. The molecule has 1 heterocycles. The molecule has 2 nitrogen and oxygen atoms in total. The Kier molecular flexibility index (Phi) is 1.80. The maximum Gasteiger partial charge on any atom is 0.173 e. The molecule has 40 valence electrons. The van der Waals surface area contributed by atoms with Gasteiger partial charge in [0, 0.05) is 11.9 Å². The van der Waals surface area contributed by atoms with Gasteiger partial charge in [-0.25, -0.2) is 0 Å². The van der Waals surface area contributed by atoms with Crippen molar-refractivity contribution in [3.63, 3.8) is 0 Å². The fourth-order valence-electron chi connectivity index (χ4n) is 0.346. The summed E-state index contributed by atoms with van der Waals surface area (Å²) < 4.78 is 5.04. The van der Waals surface area contributed by atoms with Gasteiger partial charge in [0.1, 0.15) is 0 Å². The first-order valence-electron chi connectivity index (χ1n) is 1.95. The second kappa shape index (κ2) is 2.21. The number of amidine groups is 1. The maximum absolute atomic E-state index is 4.03. The number of halogens is 1. The summed E-state index contributed by atoms with van der Waals surface area (Å²) in [7, 11) is 0. The quantitative estimate of drug-likeness (QED) is 0.384. The van der Waals surface area contributed by atoms with Gasteiger partial charge >= 0.3 is 0 Å². The lowest BCUT2D eigenvalue weighted by molar-refractivity contribution is 0.934. The van der Waals surface area contributed by atoms with E-state index < -0.39 is 0 Å². The molecule has 1 N–H and O–H groups in total. The molecule has 0 radical (unpaired) electrons. The zero-order valence-corrected chi connectivity index (χ0v) is 6.78. The lowest BCUT2D eigenvalue weighted by atomic mass is 10.8. The van der Waals surface area contributed by atoms with E-state index in [2.05, 4.69) is 39.2 Å². The van der Waals surface area contributed by atoms with Crippen LogP contribution in [0.3, 0.4) is 0 Å². The molecule has 7 heavy (non-hydrogen) atoms. The van der Waals surface area contributed by atoms with Gasteiger partial charge in [0.15, 0.2) is 3.84 Å². The second-order valence-electron chi connectivity index (χ2n) is 1.27. The molecule has 0 saturated heterocycles. The molecule has 0 aliphatic carbocycles. The lowest BCUT2D eigenvalue weighted by Crippen LogP contribution is -2.19. The van der Waals surface area contributed by atoms with E-state index in [1.54, 1.807) is 11.9 Å². The van der Waals surface area contributed by atoms with Crippen molar-refractivity contribution in [1.29, 1.82) is 0 Å². The predicted octanol–water partition coefficient (Wildman–Crippen LogP) is 1.37. The summed E-state index contributed by atoms with van der Waals surface area (Å²) in [6.07, 6.45) is 0. The van der Waals surface area contributed by atoms with Gasteiger partial charge in [0.05, 0.1) is 5.37 Å². The molecule has 1 aliphatic heterocycles. The van der Waals surface area contributed by atoms with E-state index in [1.807, 2.05) is 0 Å². The summed E-state index contributed by atoms with van der Waals surface area (Å²) in [5, 5.41) is 3.59. The smallest absolute Gasteiger partial charge is 0.173 e. The van der Waals surface area contributed by atoms with E-state index in [4.69, 9.17) is 0 Å². The Balaban J connectivity index is 2.42. The van der Waals surface area contributed by atoms with Crippen LogP contribution in [0.15, 0.2) is 4.40 Å². The Hall–Kier alpha value is 0.550. The van der Waals surface area contributed by atoms with Crippen LogP contribution in [0, 0.1) is 0 Å². The van der Waals surface area contributed by atoms with E-state index >= 15 is 0 Å². The van der Waals surface area contributed by atoms with Crippen LogP contribution in [0.4, 0.5) is 0 Å². The minimum absolute atomic E-state index is 0.479. The highest BCUT2D eigenvalue weighted by Crippen LogP contribution is 2.17. The van der Waals surface area contributed by atoms with Crippen molar-refractivity contribution < 1.29 is 0 Å². The fraction of sp³-hybridized carbons (Fsp3) is 0.667. The van der Waals surface area contributed by atoms with Crippen molar-refractivity contribution in [2.24, 2.45) is 4.40 Å². The minimum atomic E-state index is 0.479. The van der Waals surface area contributed by atoms with Crippen molar-refractivity contribution in [3.8, 4) is 0 Å². The van der Waals surface area contributed by atoms with Crippen LogP contribution in [0.1, 0.15) is 6.92 Å². The van der Waals surface area contributed by atoms with Gasteiger partial charge in [0.2, 0.25) is 0 Å². The molecular weight excluding hydrogens is 223 g/mol. The molecule has 1 rings (SSSR count). The van der Waals surface area contributed by atoms with Crippen LogP contribution < -0.4 is 5.32 Å². The summed E-state index contributed by atoms with van der Waals surface area (Å²) in [6, 6.07) is 0. The Morgan fingerprint density at radius 1 is 2.00 bits per heavy atom. The van der Waals surface area contributed by atoms with Gasteiger partial charge < -0.3 is 5.32 Å². The van der Waals surface area contributed by atoms with Crippen LogP contribution in [0.5, 0.6) is 0 Å². The first-order valence-corrected chi connectivity index (χ1v) is 3.86. The summed E-state index contributed by atoms with van der Waals surface area (Å²) in [6.45, 7) is 2.08. The molecule has 0 aromatic carbocycles. The Bertz CT molecular complexity index is 103. The molecule has 0 fully saturated rings. The van der Waals surface area contributed by atoms with Crippen molar-refractivity contribution in [3.05, 3.63) is 0 Å². The molecule has 1 aliphatic rings. The van der Waals surface area contributed by atoms with Gasteiger partial charge in [-0.15, -0.1) is 0 Å². The van der Waals surface area contributed by atoms with E-state index in [0.29, 0.717) is 5.37 Å². The van der Waals surface area contributed by atoms with Gasteiger partial charge in [-0.1, -0.05) is 0 Å². The van der Waals surface area contributed by atoms with Crippen LogP contribution in [0.2, 0.25) is 0 Å². The molecule has 0 saturated carbocycles. The number of nitrogens with zero attached hydrogens (tertiary/aromatic N) is 1. The summed E-state index contributed by atoms with van der Waals surface area (Å²) in [5.74, 6) is 0. The van der Waals surface area contributed by atoms with Crippen LogP contribution in [-0.4, -0.2) is 9.22 Å². The van der Waals surface area contributed by atoms with Crippen molar-refractivity contribution >= 4 is 38.4 Å². The topological polar surface area (TPSA) is 24.4 Å². The Morgan fingerprint density at radius 2 is 2.71 bits per heavy atom. The largest absolute Gasteiger partial charge is 0.351 e. The number of hydrogen-bond acceptors (Lipinski definition) is 3. The molecule has 0 aromatic heterocycles. The van der Waals surface area contributed by atoms with Crippen molar-refractivity contribution in [2.45, 2.75) is 12.3 Å². The predicted molar refractivity (Wildman–Crippen MR) is 41.6 cm³/mol. The summed E-state index contributed by atoms with van der Waals surface area (Å²) in [5.41, 5.74) is 0. The number of hydrogen-bond donors (Lipinski definition) is 1. The molecule has 1 unspecified atom stereocenters. The maximum atomic E-state index is 4.03. The molecule has 1 atom stereocenters. The minimum Gasteiger partial charge on any atom is -0.351 e. The second-order valence-corrected chi connectivity index (χ2v) is 3.40. The van der Waals surface area contributed by atoms with E-state index in [-0.39, 0.29) is 0 Å². The fourth-order valence-corrected chi connectivity index (χ4v) is 1.83. The highest BCUT2D eigenvalue weighted by Gasteiger charge is 2.08. The van der Waals surface area contributed by atoms with Crippen LogP contribution in [-0.2, 0) is 0 Å². The zero-order chi connectivity index (χ0) is 5.28. The Morgan fingerprint density at radius 3 is 2.86 bits per heavy atom. The molecule has 0 bridgehead atoms. The first-order chi connectivity index (χ1) is 3.29. The summed E-state index contributed by atoms with van der Waals surface area (Å²) in [4.78, 5) is 0. The van der Waals surface area contributed by atoms with Crippen molar-refractivity contribution in [2.75, 3.05) is 0 Å². The highest BCUT2D eigenvalue weighted by molar-refractivity contribution is 14.1. The molecule has 0 spiro atoms. The molecule has 0 aromatic rings. The van der Waals surface area contributed by atoms with Crippen molar-refractivity contribution in [1.82, 2.24) is 5.32 Å². The van der Waals surface area contributed by atoms with E-state index in [0.717, 1.165) is 3.84 Å². The Labute approximate surface area is 60.4 Å². The third-order valence-corrected chi connectivity index (χ3v) is 2.22. The van der Waals surface area contributed by atoms with Crippen LogP contribution in [0.25, 0.3) is 0 Å². The first kappa shape index (κ1) is 5.68. The van der Waals surface area contributed by atoms with Crippen LogP contribution >= 0.6 is 34.5 Å². The van der Waals surface area contributed by atoms with E-state index in [1.165, 1.54) is 0 Å². The third kappa shape index (κ3) is 1.49.